The number of hydrogen-bond donors (Lipinski definition) is 2. The minimum atomic E-state index is -5.08. The fourth-order valence-electron chi connectivity index (χ4n) is 5.33. The number of nitrogens with zero attached hydrogens (tertiary/aromatic N) is 2. The second-order valence-electron chi connectivity index (χ2n) is 9.85. The van der Waals surface area contributed by atoms with Gasteiger partial charge in [-0.2, -0.15) is 13.2 Å². The zero-order valence-corrected chi connectivity index (χ0v) is 20.6. The molecule has 11 heteroatoms. The molecule has 0 radical (unpaired) electrons. The Labute approximate surface area is 208 Å². The Bertz CT molecular complexity index is 955. The number of nitrogens with two attached hydrogens (primary N) is 1. The molecule has 3 fully saturated rings. The lowest BCUT2D eigenvalue weighted by Gasteiger charge is -2.27. The van der Waals surface area contributed by atoms with Crippen molar-refractivity contribution in [1.29, 1.82) is 0 Å². The summed E-state index contributed by atoms with van der Waals surface area (Å²) in [5, 5.41) is 7.12. The summed E-state index contributed by atoms with van der Waals surface area (Å²) in [4.78, 5) is 38.2. The molecule has 2 saturated heterocycles. The molecule has 2 heterocycles. The van der Waals surface area contributed by atoms with E-state index in [1.807, 2.05) is 35.8 Å². The molecule has 0 aromatic heterocycles. The van der Waals surface area contributed by atoms with E-state index < -0.39 is 12.1 Å². The van der Waals surface area contributed by atoms with Crippen LogP contribution in [0, 0.1) is 25.7 Å². The quantitative estimate of drug-likeness (QED) is 0.640. The molecule has 3 unspecified atom stereocenters. The minimum Gasteiger partial charge on any atom is -0.483 e. The van der Waals surface area contributed by atoms with Crippen LogP contribution in [-0.4, -0.2) is 77.7 Å². The minimum absolute atomic E-state index is 0.0450. The van der Waals surface area contributed by atoms with Gasteiger partial charge in [0.25, 0.3) is 11.8 Å². The summed E-state index contributed by atoms with van der Waals surface area (Å²) in [6.07, 6.45) is 0.472. The van der Waals surface area contributed by atoms with Crippen LogP contribution in [-0.2, 0) is 9.59 Å². The molecule has 3 aliphatic rings. The molecule has 1 aliphatic carbocycles. The van der Waals surface area contributed by atoms with E-state index in [2.05, 4.69) is 0 Å². The predicted molar refractivity (Wildman–Crippen MR) is 126 cm³/mol. The van der Waals surface area contributed by atoms with Crippen molar-refractivity contribution in [3.63, 3.8) is 0 Å². The number of benzene rings is 1. The molecule has 8 nitrogen and oxygen atoms in total. The highest BCUT2D eigenvalue weighted by Crippen LogP contribution is 2.38. The first kappa shape index (κ1) is 27.8. The van der Waals surface area contributed by atoms with Gasteiger partial charge in [0, 0.05) is 37.8 Å². The zero-order chi connectivity index (χ0) is 26.6. The third kappa shape index (κ3) is 6.68. The van der Waals surface area contributed by atoms with Gasteiger partial charge >= 0.3 is 12.1 Å². The maximum absolute atomic E-state index is 13.1. The fourth-order valence-corrected chi connectivity index (χ4v) is 5.33. The zero-order valence-electron chi connectivity index (χ0n) is 20.6. The summed E-state index contributed by atoms with van der Waals surface area (Å²) in [6, 6.07) is 4.02. The molecule has 200 valence electrons. The number of carboxylic acids is 1. The number of aliphatic carboxylic acids is 1. The number of alkyl halides is 3. The highest BCUT2D eigenvalue weighted by Gasteiger charge is 2.42. The van der Waals surface area contributed by atoms with E-state index in [-0.39, 0.29) is 24.5 Å². The average Bonchev–Trinajstić information content (AvgIpc) is 3.40. The van der Waals surface area contributed by atoms with Crippen molar-refractivity contribution in [2.75, 3.05) is 32.8 Å². The summed E-state index contributed by atoms with van der Waals surface area (Å²) in [7, 11) is 0. The van der Waals surface area contributed by atoms with Crippen molar-refractivity contribution in [2.24, 2.45) is 17.6 Å². The van der Waals surface area contributed by atoms with Gasteiger partial charge in [-0.1, -0.05) is 0 Å². The Kier molecular flexibility index (Phi) is 8.86. The number of carbonyl (C=O) groups is 3. The van der Waals surface area contributed by atoms with E-state index in [9.17, 15) is 22.8 Å². The summed E-state index contributed by atoms with van der Waals surface area (Å²) >= 11 is 0. The Hall–Kier alpha value is -2.82. The van der Waals surface area contributed by atoms with Crippen LogP contribution in [0.5, 0.6) is 5.75 Å². The summed E-state index contributed by atoms with van der Waals surface area (Å²) < 4.78 is 37.6. The number of ether oxygens (including phenoxy) is 1. The predicted octanol–water partition coefficient (Wildman–Crippen LogP) is 3.14. The normalized spacial score (nSPS) is 23.6. The van der Waals surface area contributed by atoms with Gasteiger partial charge in [0.15, 0.2) is 6.61 Å². The Morgan fingerprint density at radius 3 is 2.14 bits per heavy atom. The molecule has 3 N–H and O–H groups in total. The molecule has 4 rings (SSSR count). The van der Waals surface area contributed by atoms with E-state index >= 15 is 0 Å². The number of hydrogen-bond acceptors (Lipinski definition) is 5. The van der Waals surface area contributed by atoms with Crippen molar-refractivity contribution < 1.29 is 37.4 Å². The van der Waals surface area contributed by atoms with Crippen molar-refractivity contribution in [3.05, 3.63) is 28.8 Å². The molecular weight excluding hydrogens is 479 g/mol. The van der Waals surface area contributed by atoms with Gasteiger partial charge in [-0.3, -0.25) is 9.59 Å². The third-order valence-electron chi connectivity index (χ3n) is 7.20. The lowest BCUT2D eigenvalue weighted by Crippen LogP contribution is -2.38. The number of carbonyl (C=O) groups excluding carboxylic acids is 2. The van der Waals surface area contributed by atoms with Crippen molar-refractivity contribution in [1.82, 2.24) is 9.80 Å². The van der Waals surface area contributed by atoms with Crippen LogP contribution < -0.4 is 10.5 Å². The molecule has 0 bridgehead atoms. The molecule has 1 aromatic carbocycles. The smallest absolute Gasteiger partial charge is 0.483 e. The standard InChI is InChI=1S/C23H33N3O3.C2HF3O2/c1-15-10-18(23(28)26-12-17-6-7-20(24)19(17)13-26)11-16(2)22(15)29-14-21(27)25-8-4-3-5-9-25;3-2(4,5)1(6)7/h10-11,17,19-20H,3-9,12-14,24H2,1-2H3;(H,6,7). The third-order valence-corrected chi connectivity index (χ3v) is 7.20. The second-order valence-corrected chi connectivity index (χ2v) is 9.85. The van der Waals surface area contributed by atoms with Crippen LogP contribution >= 0.6 is 0 Å². The van der Waals surface area contributed by atoms with Crippen LogP contribution in [0.3, 0.4) is 0 Å². The summed E-state index contributed by atoms with van der Waals surface area (Å²) in [6.45, 7) is 7.19. The highest BCUT2D eigenvalue weighted by atomic mass is 19.4. The first-order valence-electron chi connectivity index (χ1n) is 12.2. The first-order chi connectivity index (χ1) is 16.9. The second kappa shape index (κ2) is 11.5. The van der Waals surface area contributed by atoms with Gasteiger partial charge in [-0.15, -0.1) is 0 Å². The van der Waals surface area contributed by atoms with E-state index in [0.717, 1.165) is 63.0 Å². The van der Waals surface area contributed by atoms with Crippen LogP contribution in [0.4, 0.5) is 13.2 Å². The number of amides is 2. The molecule has 36 heavy (non-hydrogen) atoms. The lowest BCUT2D eigenvalue weighted by molar-refractivity contribution is -0.192. The molecule has 0 spiro atoms. The number of halogens is 3. The largest absolute Gasteiger partial charge is 0.490 e. The van der Waals surface area contributed by atoms with Crippen molar-refractivity contribution in [2.45, 2.75) is 58.2 Å². The SMILES string of the molecule is Cc1cc(C(=O)N2CC3CCC(N)C3C2)cc(C)c1OCC(=O)N1CCCCC1.O=C(O)C(F)(F)F. The van der Waals surface area contributed by atoms with Gasteiger partial charge in [-0.05, 0) is 81.0 Å². The monoisotopic (exact) mass is 513 g/mol. The lowest BCUT2D eigenvalue weighted by atomic mass is 9.98. The number of carboxylic acid groups (broad SMARTS) is 1. The maximum Gasteiger partial charge on any atom is 0.490 e. The Morgan fingerprint density at radius 1 is 1.03 bits per heavy atom. The van der Waals surface area contributed by atoms with Crippen LogP contribution in [0.25, 0.3) is 0 Å². The van der Waals surface area contributed by atoms with E-state index in [0.29, 0.717) is 23.1 Å². The average molecular weight is 514 g/mol. The van der Waals surface area contributed by atoms with E-state index in [1.54, 1.807) is 0 Å². The molecule has 2 amide bonds. The Balaban J connectivity index is 0.000000454. The maximum atomic E-state index is 13.1. The van der Waals surface area contributed by atoms with Gasteiger partial charge in [0.1, 0.15) is 5.75 Å². The molecule has 1 saturated carbocycles. The topological polar surface area (TPSA) is 113 Å². The van der Waals surface area contributed by atoms with Gasteiger partial charge < -0.3 is 25.4 Å². The highest BCUT2D eigenvalue weighted by molar-refractivity contribution is 5.95. The molecular formula is C25H34F3N3O5. The number of piperidine rings is 1. The van der Waals surface area contributed by atoms with Gasteiger partial charge in [0.05, 0.1) is 0 Å². The summed E-state index contributed by atoms with van der Waals surface area (Å²) in [5.41, 5.74) is 8.71. The van der Waals surface area contributed by atoms with Crippen molar-refractivity contribution in [3.8, 4) is 5.75 Å². The molecule has 3 atom stereocenters. The van der Waals surface area contributed by atoms with Crippen LogP contribution in [0.15, 0.2) is 12.1 Å². The van der Waals surface area contributed by atoms with Gasteiger partial charge in [-0.25, -0.2) is 4.79 Å². The van der Waals surface area contributed by atoms with Crippen LogP contribution in [0.1, 0.15) is 53.6 Å². The fraction of sp³-hybridized carbons (Fsp3) is 0.640. The Morgan fingerprint density at radius 2 is 1.61 bits per heavy atom. The number of rotatable bonds is 4. The van der Waals surface area contributed by atoms with E-state index in [1.165, 1.54) is 6.42 Å². The van der Waals surface area contributed by atoms with Crippen molar-refractivity contribution >= 4 is 17.8 Å². The number of fused-ring (bicyclic) bond motifs is 1. The molecule has 1 aromatic rings. The van der Waals surface area contributed by atoms with Gasteiger partial charge in [0.2, 0.25) is 0 Å². The number of aryl methyl sites for hydroxylation is 2. The molecule has 2 aliphatic heterocycles. The summed E-state index contributed by atoms with van der Waals surface area (Å²) in [5.74, 6) is -0.916. The number of likely N-dealkylation sites (tertiary alicyclic amines) is 2. The van der Waals surface area contributed by atoms with Crippen LogP contribution in [0.2, 0.25) is 0 Å². The van der Waals surface area contributed by atoms with E-state index in [4.69, 9.17) is 20.4 Å². The first-order valence-corrected chi connectivity index (χ1v) is 12.2.